The fraction of sp³-hybridized carbons (Fsp3) is 0. The first kappa shape index (κ1) is 23.1. The molecule has 0 N–H and O–H groups in total. The molecule has 10 heteroatoms. The van der Waals surface area contributed by atoms with E-state index in [9.17, 15) is 0 Å². The molecule has 0 amide bonds. The maximum atomic E-state index is 8.57. The summed E-state index contributed by atoms with van der Waals surface area (Å²) in [6.45, 7) is 0. The van der Waals surface area contributed by atoms with Gasteiger partial charge in [0.05, 0.1) is 0 Å². The first-order chi connectivity index (χ1) is 3.46. The molecule has 0 aliphatic carbocycles. The average molecular weight is 502 g/mol. The van der Waals surface area contributed by atoms with E-state index in [1.54, 1.807) is 0 Å². The van der Waals surface area contributed by atoms with E-state index in [4.69, 9.17) is 20.6 Å². The molecule has 0 heterocycles. The molecule has 0 aromatic rings. The Balaban J connectivity index is -0.0000000300. The van der Waals surface area contributed by atoms with Crippen LogP contribution in [0.25, 0.3) is 0 Å². The summed E-state index contributed by atoms with van der Waals surface area (Å²) in [7, 11) is 0. The zero-order valence-electron chi connectivity index (χ0n) is 4.65. The van der Waals surface area contributed by atoms with Crippen molar-refractivity contribution >= 4 is 0 Å². The molecule has 0 rings (SSSR count). The molecule has 0 aliphatic heterocycles. The summed E-state index contributed by atoms with van der Waals surface area (Å²) in [5.41, 5.74) is 0. The minimum Gasteiger partial charge on any atom is -0.427 e. The molecule has 0 unspecified atom stereocenters. The van der Waals surface area contributed by atoms with Crippen LogP contribution in [0.1, 0.15) is 0 Å². The van der Waals surface area contributed by atoms with Crippen LogP contribution >= 0.6 is 0 Å². The third kappa shape index (κ3) is 125. The van der Waals surface area contributed by atoms with Crippen LogP contribution in [-0.2, 0) is 0 Å². The van der Waals surface area contributed by atoms with E-state index in [0.29, 0.717) is 0 Å². The second kappa shape index (κ2) is 17.9. The van der Waals surface area contributed by atoms with Gasteiger partial charge in [0.25, 0.3) is 42.1 Å². The summed E-state index contributed by atoms with van der Waals surface area (Å²) >= 11 is -8.03. The number of halogens is 3. The molecule has 0 saturated carbocycles. The van der Waals surface area contributed by atoms with Crippen LogP contribution in [0.15, 0.2) is 0 Å². The third-order valence-corrected chi connectivity index (χ3v) is 0. The fourth-order valence-corrected chi connectivity index (χ4v) is 0. The number of hydrogen-bond acceptors (Lipinski definition) is 6. The zero-order valence-corrected chi connectivity index (χ0v) is 13.5. The molecule has 10 heavy (non-hydrogen) atoms. The summed E-state index contributed by atoms with van der Waals surface area (Å²) < 4.78 is 51.4. The summed E-state index contributed by atoms with van der Waals surface area (Å²) in [6, 6.07) is 0. The van der Waals surface area contributed by atoms with E-state index in [-0.39, 0.29) is 53.5 Å². The third-order valence-electron chi connectivity index (χ3n) is 0. The van der Waals surface area contributed by atoms with Crippen molar-refractivity contribution < 1.29 is 116 Å². The van der Waals surface area contributed by atoms with Gasteiger partial charge in [0, 0.05) is 0 Å². The molecule has 0 aliphatic rings. The zero-order chi connectivity index (χ0) is 7.15. The van der Waals surface area contributed by atoms with Gasteiger partial charge in [0.1, 0.15) is 0 Å². The fourth-order valence-electron chi connectivity index (χ4n) is 0. The Morgan fingerprint density at radius 3 is 0.600 bits per heavy atom. The molecule has 0 spiro atoms. The second-order valence-electron chi connectivity index (χ2n) is 0.378. The Kier molecular flexibility index (Phi) is 41.3. The van der Waals surface area contributed by atoms with Gasteiger partial charge in [-0.3, -0.25) is 0 Å². The van der Waals surface area contributed by atoms with Crippen LogP contribution in [-0.4, -0.2) is 0 Å². The Hall–Kier alpha value is 2.95. The molecular formula is H2I3NaO6. The van der Waals surface area contributed by atoms with Crippen LogP contribution in [0.3, 0.4) is 0 Å². The molecule has 0 atom stereocenters. The molecule has 0 aromatic carbocycles. The van der Waals surface area contributed by atoms with Gasteiger partial charge < -0.3 is 20.6 Å². The van der Waals surface area contributed by atoms with Crippen molar-refractivity contribution in [2.45, 2.75) is 0 Å². The van der Waals surface area contributed by atoms with Crippen molar-refractivity contribution in [3.8, 4) is 0 Å². The Labute approximate surface area is 114 Å². The molecule has 60 valence electrons. The molecule has 0 saturated heterocycles. The van der Waals surface area contributed by atoms with E-state index in [1.807, 2.05) is 0 Å². The number of hydrogen-bond donors (Lipinski definition) is 0. The first-order valence-corrected chi connectivity index (χ1v) is 6.21. The standard InChI is InChI=1S/2IO3.H2I.Na/c2*2-1(3)4;;/h;;1H2;/q2*-1;2*+1. The summed E-state index contributed by atoms with van der Waals surface area (Å²) in [6.07, 6.45) is 0. The van der Waals surface area contributed by atoms with Crippen molar-refractivity contribution in [1.29, 1.82) is 0 Å². The van der Waals surface area contributed by atoms with Crippen LogP contribution in [0.4, 0.5) is 0 Å². The Morgan fingerprint density at radius 2 is 0.600 bits per heavy atom. The largest absolute Gasteiger partial charge is 1.00 e. The molecule has 0 bridgehead atoms. The quantitative estimate of drug-likeness (QED) is 0.239. The van der Waals surface area contributed by atoms with Gasteiger partial charge in [0.2, 0.25) is 24.0 Å². The minimum atomic E-state index is -4.01. The van der Waals surface area contributed by atoms with Gasteiger partial charge in [-0.2, -0.15) is 0 Å². The molecule has 0 radical (unpaired) electrons. The van der Waals surface area contributed by atoms with Crippen molar-refractivity contribution in [1.82, 2.24) is 0 Å². The van der Waals surface area contributed by atoms with Crippen LogP contribution < -0.4 is 116 Å². The molecular weight excluding hydrogens is 500 g/mol. The van der Waals surface area contributed by atoms with Crippen LogP contribution in [0.5, 0.6) is 0 Å². The van der Waals surface area contributed by atoms with E-state index in [0.717, 1.165) is 0 Å². The van der Waals surface area contributed by atoms with Gasteiger partial charge in [-0.15, -0.1) is 0 Å². The van der Waals surface area contributed by atoms with E-state index < -0.39 is 42.1 Å². The van der Waals surface area contributed by atoms with E-state index in [2.05, 4.69) is 0 Å². The van der Waals surface area contributed by atoms with E-state index >= 15 is 0 Å². The molecule has 0 aromatic heterocycles. The first-order valence-electron chi connectivity index (χ1n) is 0.926. The van der Waals surface area contributed by atoms with Crippen molar-refractivity contribution in [3.05, 3.63) is 0 Å². The molecule has 0 fully saturated rings. The topological polar surface area (TPSA) is 138 Å². The summed E-state index contributed by atoms with van der Waals surface area (Å²) in [5.74, 6) is 0. The molecule has 6 nitrogen and oxygen atoms in total. The van der Waals surface area contributed by atoms with Gasteiger partial charge in [0.15, 0.2) is 0 Å². The van der Waals surface area contributed by atoms with Crippen molar-refractivity contribution in [2.75, 3.05) is 0 Å². The monoisotopic (exact) mass is 502 g/mol. The van der Waals surface area contributed by atoms with Gasteiger partial charge >= 0.3 is 29.6 Å². The predicted octanol–water partition coefficient (Wildman–Crippen LogP) is -19.7. The van der Waals surface area contributed by atoms with Gasteiger partial charge in [-0.05, 0) is 0 Å². The van der Waals surface area contributed by atoms with Gasteiger partial charge in [-0.1, -0.05) is 0 Å². The average Bonchev–Trinajstić information content (AvgIpc) is 1.25. The minimum absolute atomic E-state index is 0. The van der Waals surface area contributed by atoms with Crippen LogP contribution in [0, 0.1) is 0 Å². The maximum absolute atomic E-state index is 8.57. The summed E-state index contributed by atoms with van der Waals surface area (Å²) in [5, 5.41) is 0. The smallest absolute Gasteiger partial charge is 0.427 e. The Bertz CT molecular complexity index is 28.5. The van der Waals surface area contributed by atoms with Gasteiger partial charge in [-0.25, -0.2) is 0 Å². The predicted molar refractivity (Wildman–Crippen MR) is 2.79 cm³/mol. The summed E-state index contributed by atoms with van der Waals surface area (Å²) in [4.78, 5) is 0. The second-order valence-corrected chi connectivity index (χ2v) is 2.54. The van der Waals surface area contributed by atoms with Crippen molar-refractivity contribution in [2.24, 2.45) is 0 Å². The number of rotatable bonds is 0. The van der Waals surface area contributed by atoms with Crippen molar-refractivity contribution in [3.63, 3.8) is 0 Å². The Morgan fingerprint density at radius 1 is 0.600 bits per heavy atom. The normalized spacial score (nSPS) is 7.20. The maximum Gasteiger partial charge on any atom is 1.00 e. The van der Waals surface area contributed by atoms with E-state index in [1.165, 1.54) is 0 Å². The SMILES string of the molecule is [IH2+].[Na+].[O-][I+2]([O-])[O-].[O-][I+2]([O-])[O-]. The van der Waals surface area contributed by atoms with Crippen LogP contribution in [0.2, 0.25) is 0 Å².